The molecule has 1 aromatic carbocycles. The second-order valence-corrected chi connectivity index (χ2v) is 5.85. The summed E-state index contributed by atoms with van der Waals surface area (Å²) in [4.78, 5) is 27.0. The van der Waals surface area contributed by atoms with Crippen molar-refractivity contribution in [3.05, 3.63) is 35.9 Å². The van der Waals surface area contributed by atoms with Crippen LogP contribution in [0.25, 0.3) is 0 Å². The number of rotatable bonds is 1. The van der Waals surface area contributed by atoms with Crippen LogP contribution < -0.4 is 5.32 Å². The van der Waals surface area contributed by atoms with Crippen molar-refractivity contribution in [2.24, 2.45) is 0 Å². The first-order valence-electron chi connectivity index (χ1n) is 6.89. The fraction of sp³-hybridized carbons (Fsp3) is 0.467. The van der Waals surface area contributed by atoms with E-state index in [-0.39, 0.29) is 11.8 Å². The van der Waals surface area contributed by atoms with Gasteiger partial charge in [-0.05, 0) is 24.8 Å². The van der Waals surface area contributed by atoms with Crippen molar-refractivity contribution in [2.75, 3.05) is 6.54 Å². The molecule has 4 nitrogen and oxygen atoms in total. The van der Waals surface area contributed by atoms with Crippen LogP contribution in [0.2, 0.25) is 0 Å². The topological polar surface area (TPSA) is 49.4 Å². The Labute approximate surface area is 111 Å². The van der Waals surface area contributed by atoms with Crippen LogP contribution in [-0.2, 0) is 15.1 Å². The van der Waals surface area contributed by atoms with Crippen LogP contribution in [0.5, 0.6) is 0 Å². The van der Waals surface area contributed by atoms with Gasteiger partial charge in [-0.1, -0.05) is 30.3 Å². The van der Waals surface area contributed by atoms with Crippen LogP contribution in [0.1, 0.15) is 31.2 Å². The molecule has 2 unspecified atom stereocenters. The first kappa shape index (κ1) is 11.0. The summed E-state index contributed by atoms with van der Waals surface area (Å²) in [6, 6.07) is 9.66. The van der Waals surface area contributed by atoms with Gasteiger partial charge >= 0.3 is 0 Å². The smallest absolute Gasteiger partial charge is 0.254 e. The number of hydrogen-bond donors (Lipinski definition) is 1. The predicted molar refractivity (Wildman–Crippen MR) is 69.2 cm³/mol. The maximum absolute atomic E-state index is 12.8. The van der Waals surface area contributed by atoms with Gasteiger partial charge in [0.1, 0.15) is 11.1 Å². The van der Waals surface area contributed by atoms with Crippen LogP contribution in [0, 0.1) is 0 Å². The molecule has 3 aliphatic rings. The van der Waals surface area contributed by atoms with Gasteiger partial charge in [0.15, 0.2) is 0 Å². The normalized spacial score (nSPS) is 36.3. The molecule has 3 heterocycles. The van der Waals surface area contributed by atoms with E-state index in [1.54, 1.807) is 0 Å². The molecule has 98 valence electrons. The van der Waals surface area contributed by atoms with Crippen LogP contribution in [0.4, 0.5) is 0 Å². The second-order valence-electron chi connectivity index (χ2n) is 5.85. The summed E-state index contributed by atoms with van der Waals surface area (Å²) in [5.41, 5.74) is -0.451. The van der Waals surface area contributed by atoms with Gasteiger partial charge in [-0.3, -0.25) is 9.59 Å². The first-order chi connectivity index (χ1) is 9.19. The van der Waals surface area contributed by atoms with Crippen LogP contribution in [0.3, 0.4) is 0 Å². The summed E-state index contributed by atoms with van der Waals surface area (Å²) in [7, 11) is 0. The van der Waals surface area contributed by atoms with E-state index in [0.717, 1.165) is 31.4 Å². The summed E-state index contributed by atoms with van der Waals surface area (Å²) >= 11 is 0. The molecular weight excluding hydrogens is 240 g/mol. The highest BCUT2D eigenvalue weighted by atomic mass is 16.2. The Balaban J connectivity index is 1.87. The molecule has 3 aliphatic heterocycles. The molecule has 2 atom stereocenters. The number of carbonyl (C=O) groups excluding carboxylic acids is 2. The largest absolute Gasteiger partial charge is 0.336 e. The van der Waals surface area contributed by atoms with Crippen molar-refractivity contribution >= 4 is 11.8 Å². The Morgan fingerprint density at radius 2 is 1.89 bits per heavy atom. The molecule has 0 aliphatic carbocycles. The standard InChI is InChI=1S/C15H16N2O2/c18-12-14-8-4-5-9-17(14)13(19)15(10-14,16-12)11-6-2-1-3-7-11/h1-3,6-7H,4-5,8-10H2,(H,16,18). The fourth-order valence-electron chi connectivity index (χ4n) is 4.01. The van der Waals surface area contributed by atoms with Gasteiger partial charge in [0.2, 0.25) is 5.91 Å². The highest BCUT2D eigenvalue weighted by Gasteiger charge is 2.70. The number of carbonyl (C=O) groups is 2. The summed E-state index contributed by atoms with van der Waals surface area (Å²) in [5, 5.41) is 2.99. The van der Waals surface area contributed by atoms with E-state index in [2.05, 4.69) is 5.32 Å². The van der Waals surface area contributed by atoms with E-state index < -0.39 is 11.1 Å². The van der Waals surface area contributed by atoms with Gasteiger partial charge in [0.25, 0.3) is 5.91 Å². The zero-order valence-corrected chi connectivity index (χ0v) is 10.7. The molecule has 0 saturated carbocycles. The number of benzene rings is 1. The van der Waals surface area contributed by atoms with Crippen molar-refractivity contribution < 1.29 is 9.59 Å². The van der Waals surface area contributed by atoms with Gasteiger partial charge in [0, 0.05) is 13.0 Å². The highest BCUT2D eigenvalue weighted by Crippen LogP contribution is 2.52. The molecule has 1 N–H and O–H groups in total. The van der Waals surface area contributed by atoms with Crippen molar-refractivity contribution in [1.82, 2.24) is 10.2 Å². The molecule has 1 spiro atoms. The maximum atomic E-state index is 12.8. The zero-order chi connectivity index (χ0) is 13.1. The van der Waals surface area contributed by atoms with Gasteiger partial charge in [0.05, 0.1) is 0 Å². The van der Waals surface area contributed by atoms with Gasteiger partial charge in [-0.25, -0.2) is 0 Å². The first-order valence-corrected chi connectivity index (χ1v) is 6.89. The zero-order valence-electron chi connectivity index (χ0n) is 10.7. The van der Waals surface area contributed by atoms with Crippen LogP contribution in [-0.4, -0.2) is 28.8 Å². The minimum absolute atomic E-state index is 0.0376. The highest BCUT2D eigenvalue weighted by molar-refractivity contribution is 6.07. The van der Waals surface area contributed by atoms with E-state index in [9.17, 15) is 9.59 Å². The van der Waals surface area contributed by atoms with Crippen molar-refractivity contribution in [3.63, 3.8) is 0 Å². The maximum Gasteiger partial charge on any atom is 0.254 e. The average molecular weight is 256 g/mol. The second kappa shape index (κ2) is 3.38. The number of piperazine rings is 1. The lowest BCUT2D eigenvalue weighted by Gasteiger charge is -2.42. The van der Waals surface area contributed by atoms with E-state index in [1.807, 2.05) is 35.2 Å². The predicted octanol–water partition coefficient (Wildman–Crippen LogP) is 1.17. The molecule has 19 heavy (non-hydrogen) atoms. The molecule has 4 rings (SSSR count). The third kappa shape index (κ3) is 1.15. The lowest BCUT2D eigenvalue weighted by Crippen LogP contribution is -2.63. The molecular formula is C15H16N2O2. The van der Waals surface area contributed by atoms with Crippen LogP contribution >= 0.6 is 0 Å². The molecule has 0 radical (unpaired) electrons. The van der Waals surface area contributed by atoms with E-state index in [0.29, 0.717) is 6.42 Å². The fourth-order valence-corrected chi connectivity index (χ4v) is 4.01. The average Bonchev–Trinajstić information content (AvgIpc) is 2.88. The molecule has 2 amide bonds. The number of fused-ring (bicyclic) bond motifs is 1. The SMILES string of the molecule is O=C1N2CCCCC23CC1(c1ccccc1)NC3=O. The molecule has 0 aromatic heterocycles. The van der Waals surface area contributed by atoms with E-state index >= 15 is 0 Å². The third-order valence-electron chi connectivity index (χ3n) is 4.92. The number of nitrogens with zero attached hydrogens (tertiary/aromatic N) is 1. The Bertz CT molecular complexity index is 571. The molecule has 3 fully saturated rings. The van der Waals surface area contributed by atoms with Crippen molar-refractivity contribution in [2.45, 2.75) is 36.8 Å². The number of piperidine rings is 1. The van der Waals surface area contributed by atoms with E-state index in [4.69, 9.17) is 0 Å². The van der Waals surface area contributed by atoms with Gasteiger partial charge in [-0.2, -0.15) is 0 Å². The third-order valence-corrected chi connectivity index (χ3v) is 4.92. The summed E-state index contributed by atoms with van der Waals surface area (Å²) in [6.45, 7) is 0.723. The van der Waals surface area contributed by atoms with Crippen LogP contribution in [0.15, 0.2) is 30.3 Å². The molecule has 3 saturated heterocycles. The lowest BCUT2D eigenvalue weighted by atomic mass is 9.84. The molecule has 1 aromatic rings. The van der Waals surface area contributed by atoms with E-state index in [1.165, 1.54) is 0 Å². The number of amides is 2. The molecule has 2 bridgehead atoms. The summed E-state index contributed by atoms with van der Waals surface area (Å²) < 4.78 is 0. The minimum Gasteiger partial charge on any atom is -0.336 e. The molecule has 4 heteroatoms. The summed E-state index contributed by atoms with van der Waals surface area (Å²) in [6.07, 6.45) is 3.44. The Kier molecular flexibility index (Phi) is 1.96. The van der Waals surface area contributed by atoms with Gasteiger partial charge < -0.3 is 10.2 Å². The van der Waals surface area contributed by atoms with Crippen molar-refractivity contribution in [3.8, 4) is 0 Å². The Morgan fingerprint density at radius 3 is 2.63 bits per heavy atom. The number of nitrogens with one attached hydrogen (secondary N) is 1. The monoisotopic (exact) mass is 256 g/mol. The lowest BCUT2D eigenvalue weighted by molar-refractivity contribution is -0.151. The summed E-state index contributed by atoms with van der Waals surface area (Å²) in [5.74, 6) is 0.119. The Hall–Kier alpha value is -1.84. The number of hydrogen-bond acceptors (Lipinski definition) is 2. The minimum atomic E-state index is -0.803. The Morgan fingerprint density at radius 1 is 1.11 bits per heavy atom. The van der Waals surface area contributed by atoms with Crippen molar-refractivity contribution in [1.29, 1.82) is 0 Å². The quantitative estimate of drug-likeness (QED) is 0.820. The van der Waals surface area contributed by atoms with Gasteiger partial charge in [-0.15, -0.1) is 0 Å².